The lowest BCUT2D eigenvalue weighted by Crippen LogP contribution is -2.22. The molecule has 1 aromatic rings. The maximum Gasteiger partial charge on any atom is 0.304 e. The van der Waals surface area contributed by atoms with Gasteiger partial charge in [-0.3, -0.25) is 4.79 Å². The predicted molar refractivity (Wildman–Crippen MR) is 61.5 cm³/mol. The van der Waals surface area contributed by atoms with Gasteiger partial charge in [-0.25, -0.2) is 4.98 Å². The average molecular weight is 227 g/mol. The van der Waals surface area contributed by atoms with Crippen LogP contribution in [-0.4, -0.2) is 16.1 Å². The summed E-state index contributed by atoms with van der Waals surface area (Å²) >= 11 is 1.61. The molecule has 0 atom stereocenters. The van der Waals surface area contributed by atoms with Crippen LogP contribution in [0.5, 0.6) is 0 Å². The minimum Gasteiger partial charge on any atom is -0.481 e. The summed E-state index contributed by atoms with van der Waals surface area (Å²) in [6, 6.07) is 0. The van der Waals surface area contributed by atoms with Gasteiger partial charge < -0.3 is 5.11 Å². The first kappa shape index (κ1) is 12.2. The molecule has 1 N–H and O–H groups in total. The second kappa shape index (κ2) is 4.31. The number of hydrogen-bond donors (Lipinski definition) is 1. The summed E-state index contributed by atoms with van der Waals surface area (Å²) in [5, 5.41) is 11.8. The van der Waals surface area contributed by atoms with Crippen LogP contribution in [0.1, 0.15) is 50.7 Å². The minimum atomic E-state index is -0.779. The summed E-state index contributed by atoms with van der Waals surface area (Å²) in [5.41, 5.74) is 0.508. The second-order valence-corrected chi connectivity index (χ2v) is 5.57. The molecule has 0 bridgehead atoms. The van der Waals surface area contributed by atoms with E-state index < -0.39 is 5.97 Å². The first-order valence-corrected chi connectivity index (χ1v) is 5.88. The number of aromatic nitrogens is 1. The van der Waals surface area contributed by atoms with Crippen molar-refractivity contribution in [3.05, 3.63) is 16.1 Å². The van der Waals surface area contributed by atoms with Crippen molar-refractivity contribution >= 4 is 17.3 Å². The van der Waals surface area contributed by atoms with Crippen LogP contribution >= 0.6 is 11.3 Å². The van der Waals surface area contributed by atoms with Gasteiger partial charge in [0.25, 0.3) is 0 Å². The van der Waals surface area contributed by atoms with Crippen molar-refractivity contribution in [2.24, 2.45) is 0 Å². The molecule has 0 aromatic carbocycles. The number of carbonyl (C=O) groups is 1. The fraction of sp³-hybridized carbons (Fsp3) is 0.636. The highest BCUT2D eigenvalue weighted by molar-refractivity contribution is 7.09. The Morgan fingerprint density at radius 3 is 2.60 bits per heavy atom. The molecule has 0 amide bonds. The van der Waals surface area contributed by atoms with Crippen LogP contribution in [0.2, 0.25) is 0 Å². The normalized spacial score (nSPS) is 12.1. The van der Waals surface area contributed by atoms with E-state index in [0.29, 0.717) is 5.92 Å². The maximum absolute atomic E-state index is 10.7. The van der Waals surface area contributed by atoms with Gasteiger partial charge in [-0.1, -0.05) is 27.7 Å². The first-order chi connectivity index (χ1) is 6.83. The van der Waals surface area contributed by atoms with E-state index in [2.05, 4.69) is 18.8 Å². The molecule has 4 heteroatoms. The molecule has 0 aliphatic rings. The van der Waals surface area contributed by atoms with Crippen molar-refractivity contribution in [3.8, 4) is 0 Å². The summed E-state index contributed by atoms with van der Waals surface area (Å²) in [7, 11) is 0. The summed E-state index contributed by atoms with van der Waals surface area (Å²) in [6.07, 6.45) is 0.119. The maximum atomic E-state index is 10.7. The quantitative estimate of drug-likeness (QED) is 0.860. The van der Waals surface area contributed by atoms with Crippen molar-refractivity contribution < 1.29 is 9.90 Å². The van der Waals surface area contributed by atoms with Gasteiger partial charge in [0.2, 0.25) is 0 Å². The number of aliphatic carboxylic acids is 1. The van der Waals surface area contributed by atoms with Crippen molar-refractivity contribution in [3.63, 3.8) is 0 Å². The van der Waals surface area contributed by atoms with E-state index in [1.165, 1.54) is 0 Å². The van der Waals surface area contributed by atoms with E-state index >= 15 is 0 Å². The van der Waals surface area contributed by atoms with Crippen molar-refractivity contribution in [1.82, 2.24) is 4.98 Å². The van der Waals surface area contributed by atoms with Crippen LogP contribution in [-0.2, 0) is 10.2 Å². The van der Waals surface area contributed by atoms with Crippen molar-refractivity contribution in [2.75, 3.05) is 0 Å². The fourth-order valence-corrected chi connectivity index (χ4v) is 2.36. The third-order valence-corrected chi connectivity index (χ3v) is 3.45. The van der Waals surface area contributed by atoms with E-state index in [4.69, 9.17) is 5.11 Å². The lowest BCUT2D eigenvalue weighted by Gasteiger charge is -2.19. The highest BCUT2D eigenvalue weighted by Crippen LogP contribution is 2.30. The second-order valence-electron chi connectivity index (χ2n) is 4.68. The Morgan fingerprint density at radius 1 is 1.60 bits per heavy atom. The molecule has 0 spiro atoms. The molecule has 0 unspecified atom stereocenters. The van der Waals surface area contributed by atoms with Crippen LogP contribution in [0.3, 0.4) is 0 Å². The summed E-state index contributed by atoms with van der Waals surface area (Å²) in [5.74, 6) is -0.372. The molecule has 1 aromatic heterocycles. The zero-order chi connectivity index (χ0) is 11.6. The van der Waals surface area contributed by atoms with Gasteiger partial charge in [-0.05, 0) is 0 Å². The standard InChI is InChI=1S/C11H17NO2S/c1-7(2)10-12-8(6-15-10)11(3,4)5-9(13)14/h6-7H,5H2,1-4H3,(H,13,14). The Morgan fingerprint density at radius 2 is 2.20 bits per heavy atom. The number of carboxylic acids is 1. The third kappa shape index (κ3) is 3.02. The molecule has 0 aliphatic carbocycles. The van der Waals surface area contributed by atoms with Gasteiger partial charge in [-0.2, -0.15) is 0 Å². The highest BCUT2D eigenvalue weighted by atomic mass is 32.1. The van der Waals surface area contributed by atoms with Gasteiger partial charge in [0.1, 0.15) is 0 Å². The van der Waals surface area contributed by atoms with Gasteiger partial charge >= 0.3 is 5.97 Å². The number of hydrogen-bond acceptors (Lipinski definition) is 3. The Bertz CT molecular complexity index is 355. The van der Waals surface area contributed by atoms with Gasteiger partial charge in [0.05, 0.1) is 17.1 Å². The molecular weight excluding hydrogens is 210 g/mol. The summed E-state index contributed by atoms with van der Waals surface area (Å²) < 4.78 is 0. The van der Waals surface area contributed by atoms with Gasteiger partial charge in [0, 0.05) is 16.7 Å². The van der Waals surface area contributed by atoms with Crippen LogP contribution in [0.15, 0.2) is 5.38 Å². The number of carboxylic acid groups (broad SMARTS) is 1. The Kier molecular flexibility index (Phi) is 3.50. The summed E-state index contributed by atoms with van der Waals surface area (Å²) in [6.45, 7) is 8.01. The zero-order valence-electron chi connectivity index (χ0n) is 9.57. The molecule has 0 saturated carbocycles. The number of thiazole rings is 1. The minimum absolute atomic E-state index is 0.119. The first-order valence-electron chi connectivity index (χ1n) is 5.00. The van der Waals surface area contributed by atoms with Crippen LogP contribution < -0.4 is 0 Å². The SMILES string of the molecule is CC(C)c1nc(C(C)(C)CC(=O)O)cs1. The number of nitrogens with zero attached hydrogens (tertiary/aromatic N) is 1. The lowest BCUT2D eigenvalue weighted by molar-refractivity contribution is -0.138. The van der Waals surface area contributed by atoms with Crippen LogP contribution in [0.25, 0.3) is 0 Å². The molecule has 0 saturated heterocycles. The molecule has 0 aliphatic heterocycles. The summed E-state index contributed by atoms with van der Waals surface area (Å²) in [4.78, 5) is 15.2. The molecule has 3 nitrogen and oxygen atoms in total. The van der Waals surface area contributed by atoms with Crippen LogP contribution in [0, 0.1) is 0 Å². The van der Waals surface area contributed by atoms with E-state index in [1.54, 1.807) is 11.3 Å². The molecule has 15 heavy (non-hydrogen) atoms. The van der Waals surface area contributed by atoms with E-state index in [0.717, 1.165) is 10.7 Å². The van der Waals surface area contributed by atoms with E-state index in [9.17, 15) is 4.79 Å². The molecule has 84 valence electrons. The third-order valence-electron chi connectivity index (χ3n) is 2.30. The largest absolute Gasteiger partial charge is 0.481 e. The Hall–Kier alpha value is -0.900. The zero-order valence-corrected chi connectivity index (χ0v) is 10.4. The van der Waals surface area contributed by atoms with E-state index in [-0.39, 0.29) is 11.8 Å². The highest BCUT2D eigenvalue weighted by Gasteiger charge is 2.27. The topological polar surface area (TPSA) is 50.2 Å². The number of rotatable bonds is 4. The molecular formula is C11H17NO2S. The van der Waals surface area contributed by atoms with E-state index in [1.807, 2.05) is 19.2 Å². The predicted octanol–water partition coefficient (Wildman–Crippen LogP) is 3.02. The lowest BCUT2D eigenvalue weighted by atomic mass is 9.86. The molecule has 0 fully saturated rings. The average Bonchev–Trinajstić information content (AvgIpc) is 2.48. The Balaban J connectivity index is 2.89. The smallest absolute Gasteiger partial charge is 0.304 e. The molecule has 1 rings (SSSR count). The molecule has 0 radical (unpaired) electrons. The van der Waals surface area contributed by atoms with Crippen molar-refractivity contribution in [1.29, 1.82) is 0 Å². The van der Waals surface area contributed by atoms with Gasteiger partial charge in [0.15, 0.2) is 0 Å². The fourth-order valence-electron chi connectivity index (χ4n) is 1.33. The van der Waals surface area contributed by atoms with Gasteiger partial charge in [-0.15, -0.1) is 11.3 Å². The monoisotopic (exact) mass is 227 g/mol. The molecule has 1 heterocycles. The van der Waals surface area contributed by atoms with Crippen LogP contribution in [0.4, 0.5) is 0 Å². The Labute approximate surface area is 94.2 Å². The van der Waals surface area contributed by atoms with Crippen molar-refractivity contribution in [2.45, 2.75) is 45.4 Å².